The highest BCUT2D eigenvalue weighted by Crippen LogP contribution is 2.32. The maximum absolute atomic E-state index is 12.6. The van der Waals surface area contributed by atoms with Crippen molar-refractivity contribution >= 4 is 44.8 Å². The third-order valence-corrected chi connectivity index (χ3v) is 5.75. The van der Waals surface area contributed by atoms with Crippen LogP contribution in [0.15, 0.2) is 52.6 Å². The quantitative estimate of drug-likeness (QED) is 0.462. The Balaban J connectivity index is 1.54. The second kappa shape index (κ2) is 8.72. The Morgan fingerprint density at radius 3 is 2.59 bits per heavy atom. The molecule has 162 valence electrons. The monoisotopic (exact) mass is 448 g/mol. The first kappa shape index (κ1) is 21.4. The minimum Gasteiger partial charge on any atom is -0.454 e. The van der Waals surface area contributed by atoms with E-state index in [1.807, 2.05) is 32.0 Å². The van der Waals surface area contributed by atoms with Gasteiger partial charge in [-0.2, -0.15) is 5.10 Å². The zero-order valence-corrected chi connectivity index (χ0v) is 18.5. The van der Waals surface area contributed by atoms with Crippen molar-refractivity contribution in [3.05, 3.63) is 80.7 Å². The van der Waals surface area contributed by atoms with E-state index in [-0.39, 0.29) is 23.8 Å². The molecule has 4 rings (SSSR count). The second-order valence-electron chi connectivity index (χ2n) is 7.29. The van der Waals surface area contributed by atoms with Gasteiger partial charge in [0.15, 0.2) is 10.8 Å². The van der Waals surface area contributed by atoms with Crippen molar-refractivity contribution in [2.75, 3.05) is 4.90 Å². The lowest BCUT2D eigenvalue weighted by Crippen LogP contribution is -2.23. The zero-order valence-electron chi connectivity index (χ0n) is 17.7. The predicted octanol–water partition coefficient (Wildman–Crippen LogP) is 4.04. The van der Waals surface area contributed by atoms with Gasteiger partial charge in [0, 0.05) is 17.7 Å². The molecule has 0 aliphatic heterocycles. The second-order valence-corrected chi connectivity index (χ2v) is 8.13. The number of H-pyrrole nitrogens is 1. The van der Waals surface area contributed by atoms with Gasteiger partial charge in [-0.3, -0.25) is 14.5 Å². The molecule has 0 aliphatic rings. The molecule has 0 radical (unpaired) electrons. The van der Waals surface area contributed by atoms with Gasteiger partial charge in [-0.05, 0) is 31.5 Å². The third-order valence-electron chi connectivity index (χ3n) is 4.88. The van der Waals surface area contributed by atoms with Gasteiger partial charge in [-0.1, -0.05) is 35.9 Å². The molecule has 2 aromatic carbocycles. The average molecular weight is 449 g/mol. The number of amides is 1. The van der Waals surface area contributed by atoms with E-state index >= 15 is 0 Å². The summed E-state index contributed by atoms with van der Waals surface area (Å²) in [5.74, 6) is -0.844. The predicted molar refractivity (Wildman–Crippen MR) is 122 cm³/mol. The van der Waals surface area contributed by atoms with Gasteiger partial charge < -0.3 is 4.74 Å². The average Bonchev–Trinajstić information content (AvgIpc) is 3.22. The molecule has 0 bridgehead atoms. The van der Waals surface area contributed by atoms with E-state index < -0.39 is 5.97 Å². The van der Waals surface area contributed by atoms with Crippen molar-refractivity contribution in [2.24, 2.45) is 0 Å². The van der Waals surface area contributed by atoms with Crippen molar-refractivity contribution in [3.8, 4) is 0 Å². The SMILES string of the molecule is CC(=O)N(c1nc(COC(=O)c2n[nH]c(=O)c3ccccc23)cs1)c1ccc(C)cc1C. The van der Waals surface area contributed by atoms with E-state index in [2.05, 4.69) is 15.2 Å². The smallest absolute Gasteiger partial charge is 0.359 e. The Labute approximate surface area is 187 Å². The first-order valence-electron chi connectivity index (χ1n) is 9.82. The van der Waals surface area contributed by atoms with Crippen LogP contribution in [0.25, 0.3) is 10.8 Å². The summed E-state index contributed by atoms with van der Waals surface area (Å²) in [5, 5.41) is 9.16. The molecule has 8 nitrogen and oxygen atoms in total. The van der Waals surface area contributed by atoms with Crippen molar-refractivity contribution in [1.29, 1.82) is 0 Å². The summed E-state index contributed by atoms with van der Waals surface area (Å²) in [6.07, 6.45) is 0. The number of nitrogens with zero attached hydrogens (tertiary/aromatic N) is 3. The molecule has 0 fully saturated rings. The number of hydrogen-bond donors (Lipinski definition) is 1. The number of fused-ring (bicyclic) bond motifs is 1. The van der Waals surface area contributed by atoms with Crippen LogP contribution >= 0.6 is 11.3 Å². The van der Waals surface area contributed by atoms with Gasteiger partial charge in [0.1, 0.15) is 6.61 Å². The van der Waals surface area contributed by atoms with Crippen molar-refractivity contribution < 1.29 is 14.3 Å². The third kappa shape index (κ3) is 4.15. The number of nitrogens with one attached hydrogen (secondary N) is 1. The summed E-state index contributed by atoms with van der Waals surface area (Å²) in [6, 6.07) is 12.5. The molecule has 1 amide bonds. The molecule has 1 N–H and O–H groups in total. The summed E-state index contributed by atoms with van der Waals surface area (Å²) in [7, 11) is 0. The maximum atomic E-state index is 12.6. The highest BCUT2D eigenvalue weighted by Gasteiger charge is 2.21. The highest BCUT2D eigenvalue weighted by atomic mass is 32.1. The van der Waals surface area contributed by atoms with Crippen molar-refractivity contribution in [1.82, 2.24) is 15.2 Å². The van der Waals surface area contributed by atoms with Gasteiger partial charge in [0.2, 0.25) is 5.91 Å². The van der Waals surface area contributed by atoms with Crippen LogP contribution in [-0.2, 0) is 16.1 Å². The van der Waals surface area contributed by atoms with Crippen LogP contribution < -0.4 is 10.5 Å². The number of aryl methyl sites for hydroxylation is 2. The Kier molecular flexibility index (Phi) is 5.83. The molecule has 4 aromatic rings. The number of carbonyl (C=O) groups excluding carboxylic acids is 2. The number of ether oxygens (including phenoxy) is 1. The Morgan fingerprint density at radius 1 is 1.12 bits per heavy atom. The van der Waals surface area contributed by atoms with Gasteiger partial charge in [0.05, 0.1) is 16.8 Å². The van der Waals surface area contributed by atoms with Crippen LogP contribution in [0.3, 0.4) is 0 Å². The van der Waals surface area contributed by atoms with Crippen LogP contribution in [-0.4, -0.2) is 27.1 Å². The van der Waals surface area contributed by atoms with Crippen LogP contribution in [0.2, 0.25) is 0 Å². The molecule has 32 heavy (non-hydrogen) atoms. The van der Waals surface area contributed by atoms with E-state index in [1.54, 1.807) is 34.5 Å². The minimum atomic E-state index is -0.676. The fraction of sp³-hybridized carbons (Fsp3) is 0.174. The number of esters is 1. The number of aromatic nitrogens is 3. The normalized spacial score (nSPS) is 10.8. The first-order chi connectivity index (χ1) is 15.3. The summed E-state index contributed by atoms with van der Waals surface area (Å²) in [4.78, 5) is 42.9. The molecule has 0 atom stereocenters. The first-order valence-corrected chi connectivity index (χ1v) is 10.7. The van der Waals surface area contributed by atoms with E-state index in [4.69, 9.17) is 4.74 Å². The lowest BCUT2D eigenvalue weighted by atomic mass is 10.1. The van der Waals surface area contributed by atoms with E-state index in [9.17, 15) is 14.4 Å². The molecule has 0 aliphatic carbocycles. The maximum Gasteiger partial charge on any atom is 0.359 e. The Hall–Kier alpha value is -3.85. The molecular formula is C23H20N4O4S. The summed E-state index contributed by atoms with van der Waals surface area (Å²) < 4.78 is 5.38. The van der Waals surface area contributed by atoms with E-state index in [0.29, 0.717) is 21.6 Å². The topological polar surface area (TPSA) is 105 Å². The van der Waals surface area contributed by atoms with Gasteiger partial charge in [0.25, 0.3) is 5.56 Å². The van der Waals surface area contributed by atoms with Crippen molar-refractivity contribution in [2.45, 2.75) is 27.4 Å². The number of thiazole rings is 1. The van der Waals surface area contributed by atoms with Gasteiger partial charge in [-0.15, -0.1) is 11.3 Å². The fourth-order valence-corrected chi connectivity index (χ4v) is 4.27. The number of rotatable bonds is 5. The summed E-state index contributed by atoms with van der Waals surface area (Å²) >= 11 is 1.29. The van der Waals surface area contributed by atoms with Gasteiger partial charge >= 0.3 is 5.97 Å². The number of carbonyl (C=O) groups is 2. The summed E-state index contributed by atoms with van der Waals surface area (Å²) in [6.45, 7) is 5.32. The van der Waals surface area contributed by atoms with E-state index in [0.717, 1.165) is 16.8 Å². The standard InChI is InChI=1S/C23H20N4O4S/c1-13-8-9-19(14(2)10-13)27(15(3)28)23-24-16(12-32-23)11-31-22(30)20-17-6-4-5-7-18(17)21(29)26-25-20/h4-10,12H,11H2,1-3H3,(H,26,29). The number of aromatic amines is 1. The Bertz CT molecular complexity index is 1390. The number of hydrogen-bond acceptors (Lipinski definition) is 7. The minimum absolute atomic E-state index is 0.0243. The molecule has 0 unspecified atom stereocenters. The molecule has 9 heteroatoms. The highest BCUT2D eigenvalue weighted by molar-refractivity contribution is 7.14. The molecule has 0 saturated heterocycles. The Morgan fingerprint density at radius 2 is 1.88 bits per heavy atom. The lowest BCUT2D eigenvalue weighted by molar-refractivity contribution is -0.115. The molecule has 2 heterocycles. The van der Waals surface area contributed by atoms with Crippen LogP contribution in [0.4, 0.5) is 10.8 Å². The largest absolute Gasteiger partial charge is 0.454 e. The molecule has 0 spiro atoms. The van der Waals surface area contributed by atoms with Gasteiger partial charge in [-0.25, -0.2) is 14.9 Å². The summed E-state index contributed by atoms with van der Waals surface area (Å²) in [5.41, 5.74) is 2.96. The van der Waals surface area contributed by atoms with Crippen LogP contribution in [0.1, 0.15) is 34.2 Å². The number of anilines is 2. The van der Waals surface area contributed by atoms with E-state index in [1.165, 1.54) is 18.3 Å². The zero-order chi connectivity index (χ0) is 22.8. The molecular weight excluding hydrogens is 428 g/mol. The van der Waals surface area contributed by atoms with Crippen LogP contribution in [0, 0.1) is 13.8 Å². The van der Waals surface area contributed by atoms with Crippen LogP contribution in [0.5, 0.6) is 0 Å². The lowest BCUT2D eigenvalue weighted by Gasteiger charge is -2.20. The fourth-order valence-electron chi connectivity index (χ4n) is 3.41. The molecule has 0 saturated carbocycles. The molecule has 2 aromatic heterocycles. The number of benzene rings is 2. The van der Waals surface area contributed by atoms with Crippen molar-refractivity contribution in [3.63, 3.8) is 0 Å².